The van der Waals surface area contributed by atoms with Crippen LogP contribution in [0, 0.1) is 0 Å². The van der Waals surface area contributed by atoms with Crippen molar-refractivity contribution >= 4 is 16.3 Å². The number of carbonyl (C=O) groups is 1. The van der Waals surface area contributed by atoms with E-state index < -0.39 is 16.3 Å². The highest BCUT2D eigenvalue weighted by molar-refractivity contribution is 7.79. The number of amides is 1. The average molecular weight is 350 g/mol. The second kappa shape index (κ2) is 10.8. The number of nitrogens with one attached hydrogen (secondary N) is 1. The normalized spacial score (nSPS) is 10.4. The van der Waals surface area contributed by atoms with Crippen molar-refractivity contribution in [3.63, 3.8) is 0 Å². The molecule has 0 bridgehead atoms. The van der Waals surface area contributed by atoms with Crippen LogP contribution in [0.25, 0.3) is 0 Å². The minimum atomic E-state index is -4.67. The maximum atomic E-state index is 11.2. The Bertz CT molecular complexity index is 582. The zero-order valence-corrected chi connectivity index (χ0v) is 13.5. The molecule has 0 spiro atoms. The lowest BCUT2D eigenvalue weighted by atomic mass is 10.2. The van der Waals surface area contributed by atoms with Crippen molar-refractivity contribution in [2.45, 2.75) is 32.6 Å². The van der Waals surface area contributed by atoms with E-state index in [1.165, 1.54) is 25.0 Å². The molecule has 6 N–H and O–H groups in total. The molecule has 23 heavy (non-hydrogen) atoms. The number of unbranched alkanes of at least 4 members (excludes halogenated alkanes) is 3. The Morgan fingerprint density at radius 3 is 2.35 bits per heavy atom. The smallest absolute Gasteiger partial charge is 0.394 e. The van der Waals surface area contributed by atoms with Crippen molar-refractivity contribution in [3.05, 3.63) is 23.8 Å². The number of phenolic OH excluding ortho intramolecular Hbond substituents is 1. The summed E-state index contributed by atoms with van der Waals surface area (Å²) in [5.41, 5.74) is 2.10. The third kappa shape index (κ3) is 11.4. The molecule has 0 atom stereocenters. The number of aromatic hydroxyl groups is 1. The Labute approximate surface area is 135 Å². The molecule has 0 saturated carbocycles. The van der Waals surface area contributed by atoms with E-state index in [1.54, 1.807) is 6.07 Å². The Hall–Kier alpha value is -1.88. The quantitative estimate of drug-likeness (QED) is 0.162. The van der Waals surface area contributed by atoms with Crippen LogP contribution in [-0.2, 0) is 10.4 Å². The van der Waals surface area contributed by atoms with Crippen molar-refractivity contribution in [1.29, 1.82) is 0 Å². The van der Waals surface area contributed by atoms with Crippen molar-refractivity contribution in [1.82, 2.24) is 5.43 Å². The van der Waals surface area contributed by atoms with Crippen molar-refractivity contribution in [2.75, 3.05) is 6.61 Å². The topological polar surface area (TPSA) is 159 Å². The van der Waals surface area contributed by atoms with Crippen LogP contribution in [0.1, 0.15) is 43.0 Å². The minimum absolute atomic E-state index is 0.135. The molecule has 0 aliphatic carbocycles. The highest BCUT2D eigenvalue weighted by Gasteiger charge is 2.10. The fourth-order valence-electron chi connectivity index (χ4n) is 1.59. The van der Waals surface area contributed by atoms with Crippen LogP contribution in [0.15, 0.2) is 18.2 Å². The van der Waals surface area contributed by atoms with Crippen LogP contribution in [0.5, 0.6) is 11.5 Å². The maximum absolute atomic E-state index is 11.2. The fourth-order valence-corrected chi connectivity index (χ4v) is 1.59. The van der Waals surface area contributed by atoms with Crippen LogP contribution in [0.3, 0.4) is 0 Å². The first-order valence-electron chi connectivity index (χ1n) is 6.85. The Morgan fingerprint density at radius 2 is 1.87 bits per heavy atom. The molecule has 9 nitrogen and oxygen atoms in total. The minimum Gasteiger partial charge on any atom is -0.507 e. The van der Waals surface area contributed by atoms with E-state index in [1.807, 2.05) is 5.43 Å². The molecule has 0 heterocycles. The molecule has 0 radical (unpaired) electrons. The monoisotopic (exact) mass is 350 g/mol. The lowest BCUT2D eigenvalue weighted by Gasteiger charge is -2.08. The number of nitrogens with two attached hydrogens (primary N) is 1. The van der Waals surface area contributed by atoms with E-state index in [0.29, 0.717) is 12.4 Å². The van der Waals surface area contributed by atoms with Gasteiger partial charge in [0.15, 0.2) is 0 Å². The number of carbonyl (C=O) groups excluding carboxylic acids is 1. The highest BCUT2D eigenvalue weighted by Crippen LogP contribution is 2.23. The third-order valence-electron chi connectivity index (χ3n) is 2.61. The van der Waals surface area contributed by atoms with Gasteiger partial charge in [-0.25, -0.2) is 5.84 Å². The van der Waals surface area contributed by atoms with Crippen LogP contribution in [0.4, 0.5) is 0 Å². The molecule has 0 unspecified atom stereocenters. The van der Waals surface area contributed by atoms with Crippen molar-refractivity contribution < 1.29 is 32.2 Å². The summed E-state index contributed by atoms with van der Waals surface area (Å²) in [6.07, 6.45) is 4.50. The lowest BCUT2D eigenvalue weighted by molar-refractivity contribution is 0.0951. The SMILES string of the molecule is CCCCCCOc1ccc(C(=O)NN)c(O)c1.O=S(=O)(O)O. The first-order chi connectivity index (χ1) is 10.7. The molecular formula is C13H22N2O7S. The van der Waals surface area contributed by atoms with E-state index in [-0.39, 0.29) is 11.3 Å². The Morgan fingerprint density at radius 1 is 1.26 bits per heavy atom. The maximum Gasteiger partial charge on any atom is 0.394 e. The number of nitrogen functional groups attached to an aromatic ring is 1. The molecular weight excluding hydrogens is 328 g/mol. The zero-order chi connectivity index (χ0) is 17.9. The molecule has 1 aromatic rings. The van der Waals surface area contributed by atoms with Gasteiger partial charge in [-0.15, -0.1) is 0 Å². The summed E-state index contributed by atoms with van der Waals surface area (Å²) in [6, 6.07) is 4.55. The molecule has 0 aromatic heterocycles. The first kappa shape index (κ1) is 21.1. The summed E-state index contributed by atoms with van der Waals surface area (Å²) in [5.74, 6) is 4.89. The number of benzene rings is 1. The summed E-state index contributed by atoms with van der Waals surface area (Å²) in [4.78, 5) is 11.2. The number of hydrogen-bond donors (Lipinski definition) is 5. The zero-order valence-electron chi connectivity index (χ0n) is 12.7. The Kier molecular flexibility index (Phi) is 9.90. The predicted molar refractivity (Wildman–Crippen MR) is 83.6 cm³/mol. The molecule has 0 aliphatic rings. The van der Waals surface area contributed by atoms with E-state index in [4.69, 9.17) is 28.1 Å². The number of ether oxygens (including phenoxy) is 1. The van der Waals surface area contributed by atoms with Crippen LogP contribution < -0.4 is 16.0 Å². The predicted octanol–water partition coefficient (Wildman–Crippen LogP) is 1.30. The van der Waals surface area contributed by atoms with Gasteiger partial charge >= 0.3 is 10.4 Å². The largest absolute Gasteiger partial charge is 0.507 e. The molecule has 0 aliphatic heterocycles. The molecule has 1 rings (SSSR count). The van der Waals surface area contributed by atoms with Gasteiger partial charge in [0.2, 0.25) is 0 Å². The lowest BCUT2D eigenvalue weighted by Crippen LogP contribution is -2.29. The number of hydrazine groups is 1. The van der Waals surface area contributed by atoms with E-state index >= 15 is 0 Å². The molecule has 0 fully saturated rings. The van der Waals surface area contributed by atoms with Gasteiger partial charge in [-0.05, 0) is 18.6 Å². The fraction of sp³-hybridized carbons (Fsp3) is 0.462. The van der Waals surface area contributed by atoms with Gasteiger partial charge in [0, 0.05) is 6.07 Å². The number of phenols is 1. The van der Waals surface area contributed by atoms with Gasteiger partial charge in [-0.2, -0.15) is 8.42 Å². The third-order valence-corrected chi connectivity index (χ3v) is 2.61. The standard InChI is InChI=1S/C13H20N2O3.H2O4S/c1-2-3-4-5-8-18-10-6-7-11(12(16)9-10)13(17)15-14;1-5(2,3)4/h6-7,9,16H,2-5,8,14H2,1H3,(H,15,17);(H2,1,2,3,4). The van der Waals surface area contributed by atoms with Gasteiger partial charge in [-0.1, -0.05) is 26.2 Å². The number of hydrogen-bond acceptors (Lipinski definition) is 6. The van der Waals surface area contributed by atoms with Crippen LogP contribution in [-0.4, -0.2) is 35.1 Å². The van der Waals surface area contributed by atoms with E-state index in [0.717, 1.165) is 12.8 Å². The molecule has 0 saturated heterocycles. The first-order valence-corrected chi connectivity index (χ1v) is 8.25. The van der Waals surface area contributed by atoms with Gasteiger partial charge in [-0.3, -0.25) is 19.3 Å². The summed E-state index contributed by atoms with van der Waals surface area (Å²) in [7, 11) is -4.67. The van der Waals surface area contributed by atoms with Crippen molar-refractivity contribution in [3.8, 4) is 11.5 Å². The Balaban J connectivity index is 0.000000841. The average Bonchev–Trinajstić information content (AvgIpc) is 2.44. The molecule has 1 aromatic carbocycles. The second-order valence-electron chi connectivity index (χ2n) is 4.51. The summed E-state index contributed by atoms with van der Waals surface area (Å²) < 4.78 is 37.1. The van der Waals surface area contributed by atoms with Crippen LogP contribution >= 0.6 is 0 Å². The van der Waals surface area contributed by atoms with Crippen LogP contribution in [0.2, 0.25) is 0 Å². The highest BCUT2D eigenvalue weighted by atomic mass is 32.3. The van der Waals surface area contributed by atoms with E-state index in [2.05, 4.69) is 6.92 Å². The number of rotatable bonds is 7. The summed E-state index contributed by atoms with van der Waals surface area (Å²) >= 11 is 0. The van der Waals surface area contributed by atoms with E-state index in [9.17, 15) is 9.90 Å². The van der Waals surface area contributed by atoms with Gasteiger partial charge in [0.05, 0.1) is 12.2 Å². The van der Waals surface area contributed by atoms with Gasteiger partial charge in [0.1, 0.15) is 11.5 Å². The summed E-state index contributed by atoms with van der Waals surface area (Å²) in [5, 5.41) is 9.64. The molecule has 1 amide bonds. The van der Waals surface area contributed by atoms with Gasteiger partial charge < -0.3 is 9.84 Å². The molecule has 132 valence electrons. The molecule has 10 heteroatoms. The second-order valence-corrected chi connectivity index (χ2v) is 5.41. The summed E-state index contributed by atoms with van der Waals surface area (Å²) in [6.45, 7) is 2.77. The van der Waals surface area contributed by atoms with Crippen molar-refractivity contribution in [2.24, 2.45) is 5.84 Å². The van der Waals surface area contributed by atoms with Gasteiger partial charge in [0.25, 0.3) is 5.91 Å².